The van der Waals surface area contributed by atoms with Crippen molar-refractivity contribution in [1.29, 1.82) is 0 Å². The second-order valence-corrected chi connectivity index (χ2v) is 8.73. The molecule has 2 aromatic carbocycles. The third-order valence-electron chi connectivity index (χ3n) is 5.47. The minimum Gasteiger partial charge on any atom is -0.383 e. The highest BCUT2D eigenvalue weighted by molar-refractivity contribution is 7.10. The quantitative estimate of drug-likeness (QED) is 0.298. The average Bonchev–Trinajstić information content (AvgIpc) is 3.38. The average molecular weight is 504 g/mol. The molecule has 0 radical (unpaired) electrons. The second-order valence-electron chi connectivity index (χ2n) is 7.79. The van der Waals surface area contributed by atoms with Crippen molar-refractivity contribution in [3.05, 3.63) is 94.3 Å². The number of nitrogens with two attached hydrogens (primary N) is 1. The van der Waals surface area contributed by atoms with Gasteiger partial charge in [0.2, 0.25) is 0 Å². The van der Waals surface area contributed by atoms with E-state index in [4.69, 9.17) is 5.73 Å². The molecule has 0 atom stereocenters. The van der Waals surface area contributed by atoms with Gasteiger partial charge in [-0.25, -0.2) is 23.7 Å². The highest BCUT2D eigenvalue weighted by atomic mass is 32.1. The molecule has 4 N–H and O–H groups in total. The molecular weight excluding hydrogens is 484 g/mol. The first-order chi connectivity index (χ1) is 17.5. The molecule has 36 heavy (non-hydrogen) atoms. The van der Waals surface area contributed by atoms with Gasteiger partial charge in [0.1, 0.15) is 17.2 Å². The molecular formula is C25H19F2N7OS. The van der Waals surface area contributed by atoms with Crippen molar-refractivity contribution in [2.75, 3.05) is 11.1 Å². The molecule has 0 unspecified atom stereocenters. The van der Waals surface area contributed by atoms with E-state index in [0.717, 1.165) is 22.5 Å². The van der Waals surface area contributed by atoms with E-state index in [0.29, 0.717) is 27.6 Å². The van der Waals surface area contributed by atoms with Crippen LogP contribution in [0.5, 0.6) is 0 Å². The summed E-state index contributed by atoms with van der Waals surface area (Å²) in [7, 11) is 0. The molecule has 5 rings (SSSR count). The Morgan fingerprint density at radius 3 is 2.81 bits per heavy atom. The number of carbonyl (C=O) groups excluding carboxylic acids is 1. The fraction of sp³-hybridized carbons (Fsp3) is 0.0800. The fourth-order valence-electron chi connectivity index (χ4n) is 3.63. The number of amides is 1. The molecule has 8 nitrogen and oxygen atoms in total. The Balaban J connectivity index is 1.32. The lowest BCUT2D eigenvalue weighted by molar-refractivity contribution is 0.0950. The number of fused-ring (bicyclic) bond motifs is 1. The summed E-state index contributed by atoms with van der Waals surface area (Å²) < 4.78 is 28.7. The zero-order chi connectivity index (χ0) is 25.1. The molecule has 0 aliphatic rings. The van der Waals surface area contributed by atoms with E-state index in [2.05, 4.69) is 30.6 Å². The first-order valence-electron chi connectivity index (χ1n) is 10.8. The van der Waals surface area contributed by atoms with Crippen molar-refractivity contribution in [2.45, 2.75) is 13.1 Å². The summed E-state index contributed by atoms with van der Waals surface area (Å²) >= 11 is 1.38. The zero-order valence-corrected chi connectivity index (χ0v) is 19.5. The van der Waals surface area contributed by atoms with Crippen LogP contribution in [0.1, 0.15) is 20.9 Å². The molecule has 0 saturated carbocycles. The van der Waals surface area contributed by atoms with Gasteiger partial charge in [-0.2, -0.15) is 0 Å². The number of pyridine rings is 1. The first-order valence-corrected chi connectivity index (χ1v) is 11.7. The lowest BCUT2D eigenvalue weighted by Gasteiger charge is -2.14. The summed E-state index contributed by atoms with van der Waals surface area (Å²) in [6.45, 7) is 0.157. The maximum atomic E-state index is 14.7. The highest BCUT2D eigenvalue weighted by Gasteiger charge is 2.16. The molecule has 0 fully saturated rings. The van der Waals surface area contributed by atoms with E-state index < -0.39 is 11.6 Å². The summed E-state index contributed by atoms with van der Waals surface area (Å²) in [4.78, 5) is 29.1. The summed E-state index contributed by atoms with van der Waals surface area (Å²) in [6, 6.07) is 11.3. The smallest absolute Gasteiger partial charge is 0.253 e. The Bertz CT molecular complexity index is 1560. The number of anilines is 2. The Kier molecular flexibility index (Phi) is 6.46. The highest BCUT2D eigenvalue weighted by Crippen LogP contribution is 2.28. The number of hydrogen-bond acceptors (Lipinski definition) is 8. The zero-order valence-electron chi connectivity index (χ0n) is 18.7. The van der Waals surface area contributed by atoms with Gasteiger partial charge in [0.25, 0.3) is 5.91 Å². The van der Waals surface area contributed by atoms with E-state index in [9.17, 15) is 13.6 Å². The summed E-state index contributed by atoms with van der Waals surface area (Å²) in [5.74, 6) is -2.01. The van der Waals surface area contributed by atoms with Gasteiger partial charge in [0.15, 0.2) is 11.6 Å². The Labute approximate surface area is 208 Å². The van der Waals surface area contributed by atoms with Crippen LogP contribution in [0.4, 0.5) is 20.3 Å². The first kappa shape index (κ1) is 23.2. The van der Waals surface area contributed by atoms with Crippen molar-refractivity contribution >= 4 is 39.7 Å². The Morgan fingerprint density at radius 2 is 1.97 bits per heavy atom. The van der Waals surface area contributed by atoms with Crippen molar-refractivity contribution in [3.63, 3.8) is 0 Å². The molecule has 0 spiro atoms. The number of nitrogens with one attached hydrogen (secondary N) is 2. The number of rotatable bonds is 7. The van der Waals surface area contributed by atoms with Crippen molar-refractivity contribution in [3.8, 4) is 11.3 Å². The van der Waals surface area contributed by atoms with Gasteiger partial charge in [0.05, 0.1) is 29.0 Å². The van der Waals surface area contributed by atoms with Gasteiger partial charge in [-0.15, -0.1) is 11.3 Å². The van der Waals surface area contributed by atoms with Gasteiger partial charge in [0, 0.05) is 35.3 Å². The molecule has 3 aromatic heterocycles. The lowest BCUT2D eigenvalue weighted by atomic mass is 10.1. The van der Waals surface area contributed by atoms with Crippen LogP contribution < -0.4 is 16.4 Å². The fourth-order valence-corrected chi connectivity index (χ4v) is 4.37. The van der Waals surface area contributed by atoms with Crippen LogP contribution in [0, 0.1) is 11.6 Å². The maximum absolute atomic E-state index is 14.7. The number of aromatic nitrogens is 4. The summed E-state index contributed by atoms with van der Waals surface area (Å²) in [5.41, 5.74) is 8.97. The number of halogens is 2. The normalized spacial score (nSPS) is 10.9. The molecule has 11 heteroatoms. The SMILES string of the molecule is Nc1ncnc2ccc(-c3csc(CNc4c(CNC(=O)c5cccnc5)ccc(F)c4F)n3)cc12. The van der Waals surface area contributed by atoms with Crippen molar-refractivity contribution in [2.24, 2.45) is 0 Å². The molecule has 180 valence electrons. The van der Waals surface area contributed by atoms with Crippen molar-refractivity contribution in [1.82, 2.24) is 25.3 Å². The molecule has 0 saturated heterocycles. The summed E-state index contributed by atoms with van der Waals surface area (Å²) in [5, 5.41) is 8.90. The largest absolute Gasteiger partial charge is 0.383 e. The topological polar surface area (TPSA) is 119 Å². The van der Waals surface area contributed by atoms with E-state index in [1.165, 1.54) is 29.9 Å². The molecule has 0 aliphatic heterocycles. The van der Waals surface area contributed by atoms with E-state index in [1.807, 2.05) is 23.6 Å². The van der Waals surface area contributed by atoms with Gasteiger partial charge < -0.3 is 16.4 Å². The van der Waals surface area contributed by atoms with Crippen LogP contribution in [0.3, 0.4) is 0 Å². The number of thiazole rings is 1. The Hall–Kier alpha value is -4.51. The number of nitrogens with zero attached hydrogens (tertiary/aromatic N) is 4. The van der Waals surface area contributed by atoms with Crippen LogP contribution in [-0.4, -0.2) is 25.8 Å². The summed E-state index contributed by atoms with van der Waals surface area (Å²) in [6.07, 6.45) is 4.40. The lowest BCUT2D eigenvalue weighted by Crippen LogP contribution is -2.23. The molecule has 0 bridgehead atoms. The third-order valence-corrected chi connectivity index (χ3v) is 6.32. The molecule has 5 aromatic rings. The molecule has 0 aliphatic carbocycles. The van der Waals surface area contributed by atoms with Crippen LogP contribution >= 0.6 is 11.3 Å². The van der Waals surface area contributed by atoms with E-state index in [1.54, 1.807) is 18.3 Å². The second kappa shape index (κ2) is 10.0. The Morgan fingerprint density at radius 1 is 1.08 bits per heavy atom. The monoisotopic (exact) mass is 503 g/mol. The predicted molar refractivity (Wildman–Crippen MR) is 134 cm³/mol. The number of carbonyl (C=O) groups is 1. The number of hydrogen-bond donors (Lipinski definition) is 3. The van der Waals surface area contributed by atoms with Crippen LogP contribution in [0.2, 0.25) is 0 Å². The van der Waals surface area contributed by atoms with Gasteiger partial charge in [-0.05, 0) is 35.9 Å². The van der Waals surface area contributed by atoms with Gasteiger partial charge >= 0.3 is 0 Å². The van der Waals surface area contributed by atoms with Crippen LogP contribution in [0.15, 0.2) is 66.6 Å². The van der Waals surface area contributed by atoms with E-state index >= 15 is 0 Å². The minimum absolute atomic E-state index is 0.00301. The number of nitrogen functional groups attached to an aromatic ring is 1. The minimum atomic E-state index is -1.02. The van der Waals surface area contributed by atoms with Gasteiger partial charge in [-0.1, -0.05) is 12.1 Å². The molecule has 1 amide bonds. The molecule has 3 heterocycles. The van der Waals surface area contributed by atoms with Crippen LogP contribution in [-0.2, 0) is 13.1 Å². The van der Waals surface area contributed by atoms with Gasteiger partial charge in [-0.3, -0.25) is 9.78 Å². The van der Waals surface area contributed by atoms with Crippen molar-refractivity contribution < 1.29 is 13.6 Å². The standard InChI is InChI=1S/C25H19F2N7OS/c26-18-5-3-15(10-31-25(35)16-2-1-7-29-9-16)23(22(18)27)30-11-21-34-20(12-36-21)14-4-6-19-17(8-14)24(28)33-13-32-19/h1-9,12-13,30H,10-11H2,(H,31,35)(H2,28,32,33). The number of benzene rings is 2. The predicted octanol–water partition coefficient (Wildman–Crippen LogP) is 4.55. The van der Waals surface area contributed by atoms with E-state index in [-0.39, 0.29) is 24.7 Å². The maximum Gasteiger partial charge on any atom is 0.253 e. The third kappa shape index (κ3) is 4.82. The van der Waals surface area contributed by atoms with Crippen LogP contribution in [0.25, 0.3) is 22.2 Å².